The molecule has 0 saturated carbocycles. The van der Waals surface area contributed by atoms with E-state index >= 15 is 0 Å². The van der Waals surface area contributed by atoms with Crippen LogP contribution in [0.5, 0.6) is 0 Å². The van der Waals surface area contributed by atoms with Crippen LogP contribution in [-0.4, -0.2) is 24.2 Å². The first kappa shape index (κ1) is 17.4. The van der Waals surface area contributed by atoms with Gasteiger partial charge in [-0.25, -0.2) is 0 Å². The van der Waals surface area contributed by atoms with Gasteiger partial charge in [-0.2, -0.15) is 0 Å². The molecule has 108 valence electrons. The maximum atomic E-state index is 11.8. The molecule has 2 unspecified atom stereocenters. The van der Waals surface area contributed by atoms with Crippen LogP contribution in [0.4, 0.5) is 0 Å². The second-order valence-corrected chi connectivity index (χ2v) is 6.08. The third-order valence-corrected chi connectivity index (χ3v) is 3.02. The summed E-state index contributed by atoms with van der Waals surface area (Å²) < 4.78 is 5.35. The minimum atomic E-state index is -0.403. The summed E-state index contributed by atoms with van der Waals surface area (Å²) in [5, 5.41) is 3.29. The van der Waals surface area contributed by atoms with E-state index in [1.807, 2.05) is 27.7 Å². The van der Waals surface area contributed by atoms with Gasteiger partial charge in [0.2, 0.25) is 0 Å². The molecule has 3 nitrogen and oxygen atoms in total. The highest BCUT2D eigenvalue weighted by molar-refractivity contribution is 5.75. The average molecular weight is 257 g/mol. The van der Waals surface area contributed by atoms with Crippen molar-refractivity contribution in [1.82, 2.24) is 5.32 Å². The zero-order valence-corrected chi connectivity index (χ0v) is 13.0. The molecule has 0 spiro atoms. The monoisotopic (exact) mass is 257 g/mol. The van der Waals surface area contributed by atoms with Crippen molar-refractivity contribution in [3.8, 4) is 0 Å². The van der Waals surface area contributed by atoms with E-state index in [9.17, 15) is 4.79 Å². The molecule has 1 N–H and O–H groups in total. The molecule has 0 fully saturated rings. The van der Waals surface area contributed by atoms with Crippen molar-refractivity contribution in [2.75, 3.05) is 6.54 Å². The Balaban J connectivity index is 3.99. The number of hydrogen-bond acceptors (Lipinski definition) is 3. The second-order valence-electron chi connectivity index (χ2n) is 6.08. The average Bonchev–Trinajstić information content (AvgIpc) is 2.26. The van der Waals surface area contributed by atoms with Crippen molar-refractivity contribution in [2.45, 2.75) is 78.9 Å². The van der Waals surface area contributed by atoms with Gasteiger partial charge in [-0.3, -0.25) is 4.79 Å². The molecule has 0 rings (SSSR count). The number of carbonyl (C=O) groups excluding carboxylic acids is 1. The Morgan fingerprint density at radius 2 is 1.89 bits per heavy atom. The molecule has 0 aromatic heterocycles. The van der Waals surface area contributed by atoms with Crippen LogP contribution in [0.1, 0.15) is 67.2 Å². The fraction of sp³-hybridized carbons (Fsp3) is 0.933. The van der Waals surface area contributed by atoms with Crippen LogP contribution < -0.4 is 5.32 Å². The molecule has 0 radical (unpaired) electrons. The zero-order chi connectivity index (χ0) is 14.2. The van der Waals surface area contributed by atoms with Crippen molar-refractivity contribution < 1.29 is 9.53 Å². The lowest BCUT2D eigenvalue weighted by atomic mass is 9.99. The van der Waals surface area contributed by atoms with Crippen LogP contribution in [0.3, 0.4) is 0 Å². The second kappa shape index (κ2) is 8.52. The minimum absolute atomic E-state index is 0.159. The van der Waals surface area contributed by atoms with Crippen molar-refractivity contribution in [1.29, 1.82) is 0 Å². The van der Waals surface area contributed by atoms with Crippen molar-refractivity contribution in [3.05, 3.63) is 0 Å². The number of rotatable bonds is 8. The van der Waals surface area contributed by atoms with E-state index in [0.717, 1.165) is 13.0 Å². The first-order chi connectivity index (χ1) is 8.30. The molecule has 2 atom stereocenters. The van der Waals surface area contributed by atoms with Gasteiger partial charge in [-0.1, -0.05) is 33.1 Å². The first-order valence-corrected chi connectivity index (χ1v) is 7.26. The Hall–Kier alpha value is -0.570. The van der Waals surface area contributed by atoms with Crippen LogP contribution in [0.15, 0.2) is 0 Å². The van der Waals surface area contributed by atoms with Crippen LogP contribution >= 0.6 is 0 Å². The van der Waals surface area contributed by atoms with Gasteiger partial charge in [0.25, 0.3) is 0 Å². The zero-order valence-electron chi connectivity index (χ0n) is 13.0. The highest BCUT2D eigenvalue weighted by Crippen LogP contribution is 2.12. The first-order valence-electron chi connectivity index (χ1n) is 7.26. The van der Waals surface area contributed by atoms with E-state index < -0.39 is 5.60 Å². The summed E-state index contributed by atoms with van der Waals surface area (Å²) in [6, 6.07) is -0.222. The number of ether oxygens (including phenoxy) is 1. The lowest BCUT2D eigenvalue weighted by molar-refractivity contribution is -0.157. The normalized spacial score (nSPS) is 15.2. The third-order valence-electron chi connectivity index (χ3n) is 3.02. The van der Waals surface area contributed by atoms with Gasteiger partial charge in [0.1, 0.15) is 11.6 Å². The predicted molar refractivity (Wildman–Crippen MR) is 76.6 cm³/mol. The summed E-state index contributed by atoms with van der Waals surface area (Å²) in [5.41, 5.74) is -0.403. The highest BCUT2D eigenvalue weighted by Gasteiger charge is 2.21. The van der Waals surface area contributed by atoms with Crippen LogP contribution in [0, 0.1) is 5.92 Å². The predicted octanol–water partition coefficient (Wildman–Crippen LogP) is 3.52. The van der Waals surface area contributed by atoms with Crippen molar-refractivity contribution in [2.24, 2.45) is 5.92 Å². The smallest absolute Gasteiger partial charge is 0.323 e. The summed E-state index contributed by atoms with van der Waals surface area (Å²) in [7, 11) is 0. The van der Waals surface area contributed by atoms with E-state index in [1.54, 1.807) is 0 Å². The summed E-state index contributed by atoms with van der Waals surface area (Å²) in [5.74, 6) is 0.502. The Morgan fingerprint density at radius 3 is 2.33 bits per heavy atom. The fourth-order valence-electron chi connectivity index (χ4n) is 1.76. The van der Waals surface area contributed by atoms with Crippen LogP contribution in [0.25, 0.3) is 0 Å². The van der Waals surface area contributed by atoms with Crippen molar-refractivity contribution in [3.63, 3.8) is 0 Å². The van der Waals surface area contributed by atoms with E-state index in [-0.39, 0.29) is 12.0 Å². The van der Waals surface area contributed by atoms with Crippen LogP contribution in [-0.2, 0) is 9.53 Å². The molecule has 0 aromatic rings. The van der Waals surface area contributed by atoms with Crippen LogP contribution in [0.2, 0.25) is 0 Å². The Morgan fingerprint density at radius 1 is 1.28 bits per heavy atom. The van der Waals surface area contributed by atoms with E-state index in [1.165, 1.54) is 19.3 Å². The number of carbonyl (C=O) groups is 1. The quantitative estimate of drug-likeness (QED) is 0.676. The van der Waals surface area contributed by atoms with Gasteiger partial charge in [-0.05, 0) is 46.6 Å². The molecule has 0 aliphatic heterocycles. The van der Waals surface area contributed by atoms with E-state index in [2.05, 4.69) is 19.2 Å². The Labute approximate surface area is 113 Å². The number of esters is 1. The van der Waals surface area contributed by atoms with Gasteiger partial charge < -0.3 is 10.1 Å². The fourth-order valence-corrected chi connectivity index (χ4v) is 1.76. The molecule has 0 saturated heterocycles. The largest absolute Gasteiger partial charge is 0.459 e. The van der Waals surface area contributed by atoms with Gasteiger partial charge in [0, 0.05) is 0 Å². The standard InChI is InChI=1S/C15H31NO2/c1-7-9-10-13(8-2)11-16-12(3)14(17)18-15(4,5)6/h12-13,16H,7-11H2,1-6H3. The molecule has 0 aliphatic rings. The Bertz CT molecular complexity index is 233. The van der Waals surface area contributed by atoms with Crippen molar-refractivity contribution >= 4 is 5.97 Å². The van der Waals surface area contributed by atoms with E-state index in [0.29, 0.717) is 5.92 Å². The number of nitrogens with one attached hydrogen (secondary N) is 1. The molecule has 18 heavy (non-hydrogen) atoms. The van der Waals surface area contributed by atoms with E-state index in [4.69, 9.17) is 4.74 Å². The highest BCUT2D eigenvalue weighted by atomic mass is 16.6. The van der Waals surface area contributed by atoms with Gasteiger partial charge in [0.05, 0.1) is 0 Å². The molecule has 0 heterocycles. The lowest BCUT2D eigenvalue weighted by Gasteiger charge is -2.24. The maximum Gasteiger partial charge on any atom is 0.323 e. The Kier molecular flexibility index (Phi) is 8.25. The topological polar surface area (TPSA) is 38.3 Å². The molecule has 0 amide bonds. The molecule has 0 bridgehead atoms. The number of unbranched alkanes of at least 4 members (excludes halogenated alkanes) is 1. The molecular formula is C15H31NO2. The summed E-state index contributed by atoms with van der Waals surface area (Å²) >= 11 is 0. The molecule has 0 aliphatic carbocycles. The number of hydrogen-bond donors (Lipinski definition) is 1. The maximum absolute atomic E-state index is 11.8. The summed E-state index contributed by atoms with van der Waals surface area (Å²) in [6.45, 7) is 12.9. The molecule has 3 heteroatoms. The molecule has 0 aromatic carbocycles. The van der Waals surface area contributed by atoms with Gasteiger partial charge >= 0.3 is 5.97 Å². The SMILES string of the molecule is CCCCC(CC)CNC(C)C(=O)OC(C)(C)C. The molecular weight excluding hydrogens is 226 g/mol. The summed E-state index contributed by atoms with van der Waals surface area (Å²) in [4.78, 5) is 11.8. The third kappa shape index (κ3) is 8.51. The lowest BCUT2D eigenvalue weighted by Crippen LogP contribution is -2.41. The minimum Gasteiger partial charge on any atom is -0.459 e. The van der Waals surface area contributed by atoms with Gasteiger partial charge in [-0.15, -0.1) is 0 Å². The van der Waals surface area contributed by atoms with Gasteiger partial charge in [0.15, 0.2) is 0 Å². The summed E-state index contributed by atoms with van der Waals surface area (Å²) in [6.07, 6.45) is 4.90.